The summed E-state index contributed by atoms with van der Waals surface area (Å²) in [5, 5.41) is 6.83. The monoisotopic (exact) mass is 577 g/mol. The number of rotatable bonds is 11. The van der Waals surface area contributed by atoms with Crippen LogP contribution < -0.4 is 10.6 Å². The molecule has 1 atom stereocenters. The van der Waals surface area contributed by atoms with Crippen molar-refractivity contribution in [1.29, 1.82) is 0 Å². The van der Waals surface area contributed by atoms with Crippen molar-refractivity contribution in [3.8, 4) is 0 Å². The van der Waals surface area contributed by atoms with Gasteiger partial charge < -0.3 is 15.5 Å². The van der Waals surface area contributed by atoms with Crippen LogP contribution in [0.25, 0.3) is 0 Å². The Bertz CT molecular complexity index is 901. The van der Waals surface area contributed by atoms with Crippen molar-refractivity contribution in [1.82, 2.24) is 20.4 Å². The lowest BCUT2D eigenvalue weighted by Crippen LogP contribution is -2.40. The van der Waals surface area contributed by atoms with Crippen LogP contribution in [0.2, 0.25) is 0 Å². The van der Waals surface area contributed by atoms with Crippen molar-refractivity contribution >= 4 is 35.8 Å². The third-order valence-electron chi connectivity index (χ3n) is 6.34. The van der Waals surface area contributed by atoms with E-state index in [-0.39, 0.29) is 29.9 Å². The Morgan fingerprint density at radius 2 is 1.74 bits per heavy atom. The van der Waals surface area contributed by atoms with Crippen LogP contribution in [0.1, 0.15) is 37.0 Å². The number of hydrogen-bond acceptors (Lipinski definition) is 3. The Labute approximate surface area is 222 Å². The normalized spacial score (nSPS) is 16.0. The minimum atomic E-state index is 0. The second-order valence-corrected chi connectivity index (χ2v) is 8.73. The molecule has 1 unspecified atom stereocenters. The van der Waals surface area contributed by atoms with E-state index < -0.39 is 0 Å². The molecule has 6 nitrogen and oxygen atoms in total. The third-order valence-corrected chi connectivity index (χ3v) is 6.34. The minimum absolute atomic E-state index is 0. The summed E-state index contributed by atoms with van der Waals surface area (Å²) < 4.78 is 0. The summed E-state index contributed by atoms with van der Waals surface area (Å²) in [7, 11) is 1.79. The molecule has 34 heavy (non-hydrogen) atoms. The predicted octanol–water partition coefficient (Wildman–Crippen LogP) is 3.90. The summed E-state index contributed by atoms with van der Waals surface area (Å²) in [6, 6.07) is 19.1. The number of benzene rings is 2. The molecule has 0 bridgehead atoms. The molecule has 3 rings (SSSR count). The first-order chi connectivity index (χ1) is 16.1. The predicted molar refractivity (Wildman–Crippen MR) is 152 cm³/mol. The second kappa shape index (κ2) is 15.0. The molecule has 186 valence electrons. The smallest absolute Gasteiger partial charge is 0.223 e. The van der Waals surface area contributed by atoms with Crippen LogP contribution in [0.15, 0.2) is 59.6 Å². The molecule has 1 amide bonds. The summed E-state index contributed by atoms with van der Waals surface area (Å²) in [5.74, 6) is 1.34. The van der Waals surface area contributed by atoms with E-state index in [9.17, 15) is 4.79 Å². The van der Waals surface area contributed by atoms with Gasteiger partial charge >= 0.3 is 0 Å². The average Bonchev–Trinajstić information content (AvgIpc) is 3.21. The maximum Gasteiger partial charge on any atom is 0.223 e. The molecule has 1 fully saturated rings. The highest BCUT2D eigenvalue weighted by Crippen LogP contribution is 2.17. The highest BCUT2D eigenvalue weighted by atomic mass is 127. The summed E-state index contributed by atoms with van der Waals surface area (Å²) in [5.41, 5.74) is 3.85. The Morgan fingerprint density at radius 1 is 1.03 bits per heavy atom. The first-order valence-corrected chi connectivity index (χ1v) is 12.2. The number of carbonyl (C=O) groups excluding carboxylic acids is 1. The van der Waals surface area contributed by atoms with Crippen LogP contribution in [0.4, 0.5) is 0 Å². The molecule has 2 N–H and O–H groups in total. The van der Waals surface area contributed by atoms with Crippen molar-refractivity contribution in [2.45, 2.75) is 39.8 Å². The van der Waals surface area contributed by atoms with Gasteiger partial charge in [0, 0.05) is 52.1 Å². The minimum Gasteiger partial charge on any atom is -0.356 e. The number of aliphatic imine (C=N–C) groups is 1. The molecule has 1 aliphatic heterocycles. The number of guanidine groups is 1. The Kier molecular flexibility index (Phi) is 12.4. The molecule has 2 aromatic carbocycles. The lowest BCUT2D eigenvalue weighted by molar-refractivity contribution is -0.127. The average molecular weight is 578 g/mol. The number of likely N-dealkylation sites (tertiary alicyclic amines) is 1. The van der Waals surface area contributed by atoms with Crippen molar-refractivity contribution in [2.75, 3.05) is 39.8 Å². The Hall–Kier alpha value is -2.13. The number of nitrogens with zero attached hydrogens (tertiary/aromatic N) is 3. The van der Waals surface area contributed by atoms with Gasteiger partial charge in [-0.25, -0.2) is 0 Å². The molecule has 1 heterocycles. The zero-order valence-electron chi connectivity index (χ0n) is 20.8. The quantitative estimate of drug-likeness (QED) is 0.242. The number of nitrogens with one attached hydrogen (secondary N) is 2. The van der Waals surface area contributed by atoms with Crippen molar-refractivity contribution < 1.29 is 4.79 Å². The van der Waals surface area contributed by atoms with Crippen molar-refractivity contribution in [3.63, 3.8) is 0 Å². The van der Waals surface area contributed by atoms with E-state index in [1.54, 1.807) is 7.05 Å². The Morgan fingerprint density at radius 3 is 2.44 bits per heavy atom. The molecule has 0 radical (unpaired) electrons. The van der Waals surface area contributed by atoms with E-state index in [4.69, 9.17) is 0 Å². The fraction of sp³-hybridized carbons (Fsp3) is 0.481. The van der Waals surface area contributed by atoms with Gasteiger partial charge in [-0.15, -0.1) is 24.0 Å². The second-order valence-electron chi connectivity index (χ2n) is 8.73. The summed E-state index contributed by atoms with van der Waals surface area (Å²) >= 11 is 0. The topological polar surface area (TPSA) is 60.0 Å². The largest absolute Gasteiger partial charge is 0.356 e. The van der Waals surface area contributed by atoms with Crippen molar-refractivity contribution in [3.05, 3.63) is 71.3 Å². The van der Waals surface area contributed by atoms with E-state index in [2.05, 4.69) is 70.8 Å². The molecule has 7 heteroatoms. The van der Waals surface area contributed by atoms with Gasteiger partial charge in [-0.05, 0) is 36.2 Å². The van der Waals surface area contributed by atoms with E-state index in [0.717, 1.165) is 58.2 Å². The maximum atomic E-state index is 12.4. The molecule has 0 aromatic heterocycles. The molecule has 1 saturated heterocycles. The summed E-state index contributed by atoms with van der Waals surface area (Å²) in [6.45, 7) is 10.6. The molecule has 0 spiro atoms. The fourth-order valence-corrected chi connectivity index (χ4v) is 4.31. The third kappa shape index (κ3) is 8.91. The SMILES string of the molecule is CCN(CC)Cc1cccc(CNC(=NC)NCC2CC(=O)N(CCc3ccccc3)C2)c1.I. The zero-order valence-corrected chi connectivity index (χ0v) is 23.1. The van der Waals surface area contributed by atoms with E-state index >= 15 is 0 Å². The van der Waals surface area contributed by atoms with E-state index in [1.807, 2.05) is 23.1 Å². The van der Waals surface area contributed by atoms with Gasteiger partial charge in [-0.1, -0.05) is 68.4 Å². The standard InChI is InChI=1S/C27H39N5O.HI/c1-4-31(5-2)20-24-13-9-12-23(16-24)18-29-27(28-3)30-19-25-17-26(33)32(21-25)15-14-22-10-7-6-8-11-22;/h6-13,16,25H,4-5,14-15,17-21H2,1-3H3,(H2,28,29,30);1H. The lowest BCUT2D eigenvalue weighted by atomic mass is 10.1. The molecular weight excluding hydrogens is 537 g/mol. The molecule has 0 aliphatic carbocycles. The van der Waals surface area contributed by atoms with Gasteiger partial charge in [-0.2, -0.15) is 0 Å². The van der Waals surface area contributed by atoms with Gasteiger partial charge in [-0.3, -0.25) is 14.7 Å². The number of amides is 1. The summed E-state index contributed by atoms with van der Waals surface area (Å²) in [6.07, 6.45) is 1.51. The molecule has 1 aliphatic rings. The van der Waals surface area contributed by atoms with Gasteiger partial charge in [0.25, 0.3) is 0 Å². The number of carbonyl (C=O) groups is 1. The van der Waals surface area contributed by atoms with Gasteiger partial charge in [0.1, 0.15) is 0 Å². The fourth-order valence-electron chi connectivity index (χ4n) is 4.31. The van der Waals surface area contributed by atoms with E-state index in [0.29, 0.717) is 12.3 Å². The van der Waals surface area contributed by atoms with Gasteiger partial charge in [0.05, 0.1) is 0 Å². The van der Waals surface area contributed by atoms with Crippen LogP contribution in [0, 0.1) is 5.92 Å². The van der Waals surface area contributed by atoms with Crippen LogP contribution in [0.5, 0.6) is 0 Å². The highest BCUT2D eigenvalue weighted by molar-refractivity contribution is 14.0. The van der Waals surface area contributed by atoms with Crippen LogP contribution >= 0.6 is 24.0 Å². The summed E-state index contributed by atoms with van der Waals surface area (Å²) in [4.78, 5) is 21.2. The highest BCUT2D eigenvalue weighted by Gasteiger charge is 2.29. The Balaban J connectivity index is 0.00000408. The number of halogens is 1. The van der Waals surface area contributed by atoms with Gasteiger partial charge in [0.2, 0.25) is 5.91 Å². The van der Waals surface area contributed by atoms with Crippen LogP contribution in [-0.2, 0) is 24.3 Å². The van der Waals surface area contributed by atoms with Gasteiger partial charge in [0.15, 0.2) is 5.96 Å². The van der Waals surface area contributed by atoms with Crippen molar-refractivity contribution in [2.24, 2.45) is 10.9 Å². The van der Waals surface area contributed by atoms with E-state index in [1.165, 1.54) is 16.7 Å². The first-order valence-electron chi connectivity index (χ1n) is 12.2. The molecule has 0 saturated carbocycles. The lowest BCUT2D eigenvalue weighted by Gasteiger charge is -2.19. The molecule has 2 aromatic rings. The van der Waals surface area contributed by atoms with Crippen LogP contribution in [-0.4, -0.2) is 61.4 Å². The first kappa shape index (κ1) is 28.1. The maximum absolute atomic E-state index is 12.4. The van der Waals surface area contributed by atoms with Crippen LogP contribution in [0.3, 0.4) is 0 Å². The molecular formula is C27H40IN5O. The zero-order chi connectivity index (χ0) is 23.5. The number of hydrogen-bond donors (Lipinski definition) is 2.